The quantitative estimate of drug-likeness (QED) is 0.787. The average Bonchev–Trinajstić information content (AvgIpc) is 2.79. The Kier molecular flexibility index (Phi) is 5.55. The molecule has 120 valence electrons. The lowest BCUT2D eigenvalue weighted by molar-refractivity contribution is 0.195. The predicted molar refractivity (Wildman–Crippen MR) is 91.0 cm³/mol. The molecule has 22 heavy (non-hydrogen) atoms. The Morgan fingerprint density at radius 1 is 1.27 bits per heavy atom. The Morgan fingerprint density at radius 2 is 1.95 bits per heavy atom. The Hall–Kier alpha value is -1.44. The predicted octanol–water partition coefficient (Wildman–Crippen LogP) is 3.07. The van der Waals surface area contributed by atoms with Crippen molar-refractivity contribution in [1.29, 1.82) is 0 Å². The number of nitrogens with one attached hydrogen (secondary N) is 1. The minimum absolute atomic E-state index is 0.555. The van der Waals surface area contributed by atoms with E-state index in [9.17, 15) is 8.42 Å². The van der Waals surface area contributed by atoms with E-state index < -0.39 is 10.0 Å². The summed E-state index contributed by atoms with van der Waals surface area (Å²) in [6.45, 7) is 2.79. The molecule has 0 radical (unpaired) electrons. The average molecular weight is 340 g/mol. The number of ether oxygens (including phenoxy) is 1. The highest BCUT2D eigenvalue weighted by atomic mass is 32.2. The Labute approximate surface area is 135 Å². The third-order valence-electron chi connectivity index (χ3n) is 3.04. The second-order valence-electron chi connectivity index (χ2n) is 5.06. The van der Waals surface area contributed by atoms with Crippen molar-refractivity contribution in [3.63, 3.8) is 0 Å². The van der Waals surface area contributed by atoms with Crippen LogP contribution in [0.2, 0.25) is 0 Å². The number of aromatic nitrogens is 1. The highest BCUT2D eigenvalue weighted by Crippen LogP contribution is 2.29. The van der Waals surface area contributed by atoms with Gasteiger partial charge in [0.15, 0.2) is 0 Å². The molecule has 5 nitrogen and oxygen atoms in total. The fraction of sp³-hybridized carbons (Fsp3) is 0.400. The first kappa shape index (κ1) is 16.9. The summed E-state index contributed by atoms with van der Waals surface area (Å²) in [6, 6.07) is 7.27. The number of aryl methyl sites for hydroxylation is 2. The van der Waals surface area contributed by atoms with Crippen LogP contribution in [-0.4, -0.2) is 33.4 Å². The number of hydrogen-bond acceptors (Lipinski definition) is 5. The largest absolute Gasteiger partial charge is 0.385 e. The molecule has 2 rings (SSSR count). The second-order valence-corrected chi connectivity index (χ2v) is 8.10. The van der Waals surface area contributed by atoms with Gasteiger partial charge >= 0.3 is 0 Å². The Bertz CT molecular complexity index is 722. The van der Waals surface area contributed by atoms with Crippen LogP contribution >= 0.6 is 11.3 Å². The van der Waals surface area contributed by atoms with Crippen molar-refractivity contribution in [2.24, 2.45) is 0 Å². The van der Waals surface area contributed by atoms with E-state index in [1.165, 1.54) is 0 Å². The van der Waals surface area contributed by atoms with E-state index in [2.05, 4.69) is 16.6 Å². The lowest BCUT2D eigenvalue weighted by Gasteiger charge is -2.04. The van der Waals surface area contributed by atoms with Crippen LogP contribution in [-0.2, 0) is 21.2 Å². The molecule has 0 unspecified atom stereocenters. The van der Waals surface area contributed by atoms with Gasteiger partial charge < -0.3 is 4.74 Å². The third-order valence-corrected chi connectivity index (χ3v) is 4.68. The molecular weight excluding hydrogens is 320 g/mol. The summed E-state index contributed by atoms with van der Waals surface area (Å²) < 4.78 is 29.9. The van der Waals surface area contributed by atoms with Crippen LogP contribution in [0.5, 0.6) is 0 Å². The van der Waals surface area contributed by atoms with Gasteiger partial charge in [0, 0.05) is 36.3 Å². The number of nitrogens with zero attached hydrogens (tertiary/aromatic N) is 1. The summed E-state index contributed by atoms with van der Waals surface area (Å²) in [5.74, 6) is 0. The highest BCUT2D eigenvalue weighted by Gasteiger charge is 2.10. The van der Waals surface area contributed by atoms with Gasteiger partial charge in [-0.3, -0.25) is 4.72 Å². The van der Waals surface area contributed by atoms with Crippen molar-refractivity contribution in [2.45, 2.75) is 19.8 Å². The zero-order valence-electron chi connectivity index (χ0n) is 12.9. The molecule has 0 saturated carbocycles. The summed E-state index contributed by atoms with van der Waals surface area (Å²) in [6.07, 6.45) is 3.00. The maximum atomic E-state index is 11.2. The SMILES string of the molecule is COCCCc1nc(-c2ccc(NS(C)(=O)=O)cc2)c(C)s1. The van der Waals surface area contributed by atoms with Crippen LogP contribution in [0.1, 0.15) is 16.3 Å². The minimum atomic E-state index is -3.25. The molecule has 0 bridgehead atoms. The van der Waals surface area contributed by atoms with Crippen LogP contribution in [0.25, 0.3) is 11.3 Å². The maximum Gasteiger partial charge on any atom is 0.229 e. The maximum absolute atomic E-state index is 11.2. The van der Waals surface area contributed by atoms with Crippen molar-refractivity contribution in [3.05, 3.63) is 34.2 Å². The molecule has 0 aliphatic rings. The van der Waals surface area contributed by atoms with Gasteiger partial charge in [0.25, 0.3) is 0 Å². The number of hydrogen-bond donors (Lipinski definition) is 1. The monoisotopic (exact) mass is 340 g/mol. The number of rotatable bonds is 7. The summed E-state index contributed by atoms with van der Waals surface area (Å²) in [5.41, 5.74) is 2.51. The molecule has 7 heteroatoms. The summed E-state index contributed by atoms with van der Waals surface area (Å²) in [7, 11) is -1.55. The van der Waals surface area contributed by atoms with Gasteiger partial charge in [0.05, 0.1) is 17.0 Å². The normalized spacial score (nSPS) is 11.6. The van der Waals surface area contributed by atoms with Gasteiger partial charge in [0.2, 0.25) is 10.0 Å². The van der Waals surface area contributed by atoms with Crippen molar-refractivity contribution < 1.29 is 13.2 Å². The van der Waals surface area contributed by atoms with Gasteiger partial charge in [-0.1, -0.05) is 12.1 Å². The van der Waals surface area contributed by atoms with E-state index in [-0.39, 0.29) is 0 Å². The van der Waals surface area contributed by atoms with E-state index in [4.69, 9.17) is 4.74 Å². The van der Waals surface area contributed by atoms with Crippen LogP contribution in [0, 0.1) is 6.92 Å². The molecule has 2 aromatic rings. The number of methoxy groups -OCH3 is 1. The molecule has 0 aliphatic heterocycles. The molecule has 0 atom stereocenters. The molecule has 0 aliphatic carbocycles. The van der Waals surface area contributed by atoms with Gasteiger partial charge in [-0.05, 0) is 25.5 Å². The molecule has 1 aromatic carbocycles. The molecule has 1 heterocycles. The fourth-order valence-corrected chi connectivity index (χ4v) is 3.67. The van der Waals surface area contributed by atoms with Crippen molar-refractivity contribution in [2.75, 3.05) is 24.7 Å². The summed E-state index contributed by atoms with van der Waals surface area (Å²) >= 11 is 1.70. The first-order valence-corrected chi connectivity index (χ1v) is 9.63. The number of sulfonamides is 1. The lowest BCUT2D eigenvalue weighted by atomic mass is 10.1. The van der Waals surface area contributed by atoms with Gasteiger partial charge in [0.1, 0.15) is 0 Å². The fourth-order valence-electron chi connectivity index (χ4n) is 2.10. The molecular formula is C15H20N2O3S2. The molecule has 1 N–H and O–H groups in total. The second kappa shape index (κ2) is 7.21. The molecule has 0 saturated heterocycles. The smallest absolute Gasteiger partial charge is 0.229 e. The first-order valence-electron chi connectivity index (χ1n) is 6.92. The summed E-state index contributed by atoms with van der Waals surface area (Å²) in [4.78, 5) is 5.84. The minimum Gasteiger partial charge on any atom is -0.385 e. The molecule has 1 aromatic heterocycles. The van der Waals surface area contributed by atoms with Crippen molar-refractivity contribution in [3.8, 4) is 11.3 Å². The lowest BCUT2D eigenvalue weighted by Crippen LogP contribution is -2.09. The van der Waals surface area contributed by atoms with E-state index in [1.807, 2.05) is 12.1 Å². The highest BCUT2D eigenvalue weighted by molar-refractivity contribution is 7.92. The third kappa shape index (κ3) is 4.79. The number of benzene rings is 1. The molecule has 0 amide bonds. The molecule has 0 spiro atoms. The van der Waals surface area contributed by atoms with Gasteiger partial charge in [-0.25, -0.2) is 13.4 Å². The number of anilines is 1. The van der Waals surface area contributed by atoms with Crippen LogP contribution in [0.3, 0.4) is 0 Å². The van der Waals surface area contributed by atoms with Gasteiger partial charge in [-0.15, -0.1) is 11.3 Å². The van der Waals surface area contributed by atoms with E-state index >= 15 is 0 Å². The van der Waals surface area contributed by atoms with E-state index in [1.54, 1.807) is 30.6 Å². The van der Waals surface area contributed by atoms with Crippen LogP contribution < -0.4 is 4.72 Å². The first-order chi connectivity index (χ1) is 10.4. The standard InChI is InChI=1S/C15H20N2O3S2/c1-11-15(16-14(21-11)5-4-10-20-2)12-6-8-13(9-7-12)17-22(3,18)19/h6-9,17H,4-5,10H2,1-3H3. The van der Waals surface area contributed by atoms with Crippen molar-refractivity contribution in [1.82, 2.24) is 4.98 Å². The summed E-state index contributed by atoms with van der Waals surface area (Å²) in [5, 5.41) is 1.10. The Morgan fingerprint density at radius 3 is 2.55 bits per heavy atom. The molecule has 0 fully saturated rings. The van der Waals surface area contributed by atoms with Crippen LogP contribution in [0.15, 0.2) is 24.3 Å². The zero-order chi connectivity index (χ0) is 16.2. The van der Waals surface area contributed by atoms with Gasteiger partial charge in [-0.2, -0.15) is 0 Å². The van der Waals surface area contributed by atoms with E-state index in [0.29, 0.717) is 5.69 Å². The number of thiazole rings is 1. The van der Waals surface area contributed by atoms with Crippen molar-refractivity contribution >= 4 is 27.0 Å². The van der Waals surface area contributed by atoms with E-state index in [0.717, 1.165) is 46.8 Å². The Balaban J connectivity index is 2.14. The van der Waals surface area contributed by atoms with Crippen LogP contribution in [0.4, 0.5) is 5.69 Å². The zero-order valence-corrected chi connectivity index (χ0v) is 14.6. The topological polar surface area (TPSA) is 68.3 Å².